The zero-order valence-electron chi connectivity index (χ0n) is 14.2. The lowest BCUT2D eigenvalue weighted by Gasteiger charge is -2.31. The Bertz CT molecular complexity index is 465. The molecule has 0 spiro atoms. The Morgan fingerprint density at radius 1 is 1.26 bits per heavy atom. The van der Waals surface area contributed by atoms with Crippen molar-refractivity contribution in [3.05, 3.63) is 29.8 Å². The standard InChI is InChI=1S/C18H28N2O2.ClH/c1-19-13-6-8-18(21)20-14-5-3-4-7-17(20)15-9-11-16(22-2)12-10-15;/h9-12,17,19H,3-8,13-14H2,1-2H3;1H. The smallest absolute Gasteiger partial charge is 0.223 e. The van der Waals surface area contributed by atoms with E-state index in [4.69, 9.17) is 4.74 Å². The number of likely N-dealkylation sites (tertiary alicyclic amines) is 1. The molecule has 0 saturated carbocycles. The van der Waals surface area contributed by atoms with E-state index >= 15 is 0 Å². The summed E-state index contributed by atoms with van der Waals surface area (Å²) in [7, 11) is 3.61. The van der Waals surface area contributed by atoms with Crippen LogP contribution in [-0.4, -0.2) is 38.1 Å². The van der Waals surface area contributed by atoms with E-state index in [1.54, 1.807) is 7.11 Å². The monoisotopic (exact) mass is 340 g/mol. The van der Waals surface area contributed by atoms with Gasteiger partial charge in [0.2, 0.25) is 5.91 Å². The minimum Gasteiger partial charge on any atom is -0.497 e. The third-order valence-corrected chi connectivity index (χ3v) is 4.39. The quantitative estimate of drug-likeness (QED) is 0.805. The Kier molecular flexibility index (Phi) is 9.03. The van der Waals surface area contributed by atoms with Gasteiger partial charge in [0.1, 0.15) is 5.75 Å². The summed E-state index contributed by atoms with van der Waals surface area (Å²) in [4.78, 5) is 14.7. The van der Waals surface area contributed by atoms with Gasteiger partial charge in [-0.25, -0.2) is 0 Å². The first kappa shape index (κ1) is 19.8. The van der Waals surface area contributed by atoms with Crippen LogP contribution in [0.25, 0.3) is 0 Å². The highest BCUT2D eigenvalue weighted by Gasteiger charge is 2.26. The summed E-state index contributed by atoms with van der Waals surface area (Å²) in [6.45, 7) is 1.78. The second-order valence-electron chi connectivity index (χ2n) is 5.93. The van der Waals surface area contributed by atoms with Crippen LogP contribution in [0.4, 0.5) is 0 Å². The molecule has 0 bridgehead atoms. The average Bonchev–Trinajstić information content (AvgIpc) is 2.81. The Balaban J connectivity index is 0.00000264. The van der Waals surface area contributed by atoms with Crippen LogP contribution in [0.2, 0.25) is 0 Å². The molecule has 23 heavy (non-hydrogen) atoms. The summed E-state index contributed by atoms with van der Waals surface area (Å²) in [5.74, 6) is 1.15. The Hall–Kier alpha value is -1.26. The first-order valence-corrected chi connectivity index (χ1v) is 8.34. The number of rotatable bonds is 6. The topological polar surface area (TPSA) is 41.6 Å². The number of ether oxygens (including phenoxy) is 1. The summed E-state index contributed by atoms with van der Waals surface area (Å²) >= 11 is 0. The minimum atomic E-state index is 0. The Morgan fingerprint density at radius 2 is 2.00 bits per heavy atom. The van der Waals surface area contributed by atoms with Crippen molar-refractivity contribution in [3.8, 4) is 5.75 Å². The van der Waals surface area contributed by atoms with Crippen LogP contribution in [0.5, 0.6) is 5.75 Å². The molecule has 1 heterocycles. The van der Waals surface area contributed by atoms with E-state index in [1.165, 1.54) is 18.4 Å². The molecule has 1 aliphatic rings. The van der Waals surface area contributed by atoms with E-state index in [0.717, 1.165) is 38.1 Å². The second-order valence-corrected chi connectivity index (χ2v) is 5.93. The van der Waals surface area contributed by atoms with Crippen LogP contribution >= 0.6 is 12.4 Å². The van der Waals surface area contributed by atoms with Gasteiger partial charge in [-0.05, 0) is 50.6 Å². The number of amides is 1. The van der Waals surface area contributed by atoms with E-state index in [1.807, 2.05) is 19.2 Å². The maximum atomic E-state index is 12.6. The number of carbonyl (C=O) groups is 1. The van der Waals surface area contributed by atoms with Crippen LogP contribution < -0.4 is 10.1 Å². The number of nitrogens with one attached hydrogen (secondary N) is 1. The van der Waals surface area contributed by atoms with Crippen molar-refractivity contribution in [2.24, 2.45) is 0 Å². The van der Waals surface area contributed by atoms with E-state index in [2.05, 4.69) is 22.3 Å². The maximum absolute atomic E-state index is 12.6. The number of hydrogen-bond acceptors (Lipinski definition) is 3. The molecule has 1 fully saturated rings. The van der Waals surface area contributed by atoms with Gasteiger partial charge < -0.3 is 15.0 Å². The predicted octanol–water partition coefficient (Wildman–Crippen LogP) is 3.56. The molecule has 130 valence electrons. The van der Waals surface area contributed by atoms with Gasteiger partial charge >= 0.3 is 0 Å². The molecule has 1 aliphatic heterocycles. The fraction of sp³-hybridized carbons (Fsp3) is 0.611. The summed E-state index contributed by atoms with van der Waals surface area (Å²) in [6, 6.07) is 8.40. The summed E-state index contributed by atoms with van der Waals surface area (Å²) in [5.41, 5.74) is 1.23. The predicted molar refractivity (Wildman–Crippen MR) is 96.3 cm³/mol. The van der Waals surface area contributed by atoms with Crippen LogP contribution in [0.15, 0.2) is 24.3 Å². The fourth-order valence-electron chi connectivity index (χ4n) is 3.14. The summed E-state index contributed by atoms with van der Waals surface area (Å²) in [5, 5.41) is 3.11. The van der Waals surface area contributed by atoms with Crippen molar-refractivity contribution >= 4 is 18.3 Å². The number of benzene rings is 1. The van der Waals surface area contributed by atoms with Crippen LogP contribution in [-0.2, 0) is 4.79 Å². The van der Waals surface area contributed by atoms with E-state index < -0.39 is 0 Å². The van der Waals surface area contributed by atoms with Crippen molar-refractivity contribution < 1.29 is 9.53 Å². The van der Waals surface area contributed by atoms with Crippen molar-refractivity contribution in [1.29, 1.82) is 0 Å². The SMILES string of the molecule is CNCCCC(=O)N1CCCCCC1c1ccc(OC)cc1.Cl. The van der Waals surface area contributed by atoms with Crippen LogP contribution in [0.1, 0.15) is 50.1 Å². The highest BCUT2D eigenvalue weighted by atomic mass is 35.5. The Labute approximate surface area is 146 Å². The van der Waals surface area contributed by atoms with Crippen LogP contribution in [0, 0.1) is 0 Å². The van der Waals surface area contributed by atoms with Gasteiger partial charge in [-0.15, -0.1) is 12.4 Å². The maximum Gasteiger partial charge on any atom is 0.223 e. The molecular formula is C18H29ClN2O2. The lowest BCUT2D eigenvalue weighted by atomic mass is 10.00. The third kappa shape index (κ3) is 5.70. The zero-order chi connectivity index (χ0) is 15.8. The minimum absolute atomic E-state index is 0. The molecule has 1 aromatic carbocycles. The lowest BCUT2D eigenvalue weighted by Crippen LogP contribution is -2.35. The molecule has 5 heteroatoms. The summed E-state index contributed by atoms with van der Waals surface area (Å²) < 4.78 is 5.23. The molecule has 1 amide bonds. The normalized spacial score (nSPS) is 18.0. The van der Waals surface area contributed by atoms with Gasteiger partial charge in [-0.2, -0.15) is 0 Å². The zero-order valence-corrected chi connectivity index (χ0v) is 15.0. The highest BCUT2D eigenvalue weighted by Crippen LogP contribution is 2.31. The first-order valence-electron chi connectivity index (χ1n) is 8.34. The molecule has 0 aliphatic carbocycles. The number of carbonyl (C=O) groups excluding carboxylic acids is 1. The van der Waals surface area contributed by atoms with Crippen LogP contribution in [0.3, 0.4) is 0 Å². The molecule has 0 radical (unpaired) electrons. The average molecular weight is 341 g/mol. The summed E-state index contributed by atoms with van der Waals surface area (Å²) in [6.07, 6.45) is 6.12. The number of hydrogen-bond donors (Lipinski definition) is 1. The highest BCUT2D eigenvalue weighted by molar-refractivity contribution is 5.85. The molecule has 0 aromatic heterocycles. The molecule has 1 N–H and O–H groups in total. The van der Waals surface area contributed by atoms with Crippen molar-refractivity contribution in [3.63, 3.8) is 0 Å². The van der Waals surface area contributed by atoms with Crippen molar-refractivity contribution in [2.75, 3.05) is 27.2 Å². The Morgan fingerprint density at radius 3 is 2.65 bits per heavy atom. The largest absolute Gasteiger partial charge is 0.497 e. The molecule has 1 unspecified atom stereocenters. The van der Waals surface area contributed by atoms with Gasteiger partial charge in [-0.1, -0.05) is 25.0 Å². The molecule has 1 aromatic rings. The second kappa shape index (κ2) is 10.5. The molecule has 2 rings (SSSR count). The van der Waals surface area contributed by atoms with Gasteiger partial charge in [0.25, 0.3) is 0 Å². The molecule has 4 nitrogen and oxygen atoms in total. The van der Waals surface area contributed by atoms with E-state index in [9.17, 15) is 4.79 Å². The molecular weight excluding hydrogens is 312 g/mol. The van der Waals surface area contributed by atoms with Gasteiger partial charge in [-0.3, -0.25) is 4.79 Å². The lowest BCUT2D eigenvalue weighted by molar-refractivity contribution is -0.133. The third-order valence-electron chi connectivity index (χ3n) is 4.39. The van der Waals surface area contributed by atoms with Crippen molar-refractivity contribution in [1.82, 2.24) is 10.2 Å². The van der Waals surface area contributed by atoms with Gasteiger partial charge in [0.15, 0.2) is 0 Å². The number of nitrogens with zero attached hydrogens (tertiary/aromatic N) is 1. The van der Waals surface area contributed by atoms with Gasteiger partial charge in [0.05, 0.1) is 13.2 Å². The molecule has 1 saturated heterocycles. The number of methoxy groups -OCH3 is 1. The fourth-order valence-corrected chi connectivity index (χ4v) is 3.14. The molecule has 1 atom stereocenters. The first-order chi connectivity index (χ1) is 10.8. The number of halogens is 1. The van der Waals surface area contributed by atoms with Gasteiger partial charge in [0, 0.05) is 13.0 Å². The van der Waals surface area contributed by atoms with Crippen molar-refractivity contribution in [2.45, 2.75) is 44.6 Å². The van der Waals surface area contributed by atoms with E-state index in [0.29, 0.717) is 6.42 Å². The van der Waals surface area contributed by atoms with E-state index in [-0.39, 0.29) is 24.4 Å².